The standard InChI is InChI=1S/C16H15Cl2FO2/c1-9-4-6-12(19)11(8-9)14(17)10-5-7-13(20-2)15(18)16(10)21-3/h4-8,14H,1-3H3. The van der Waals surface area contributed by atoms with E-state index in [1.807, 2.05) is 6.92 Å². The van der Waals surface area contributed by atoms with E-state index in [0.717, 1.165) is 5.56 Å². The van der Waals surface area contributed by atoms with Crippen molar-refractivity contribution in [3.63, 3.8) is 0 Å². The Hall–Kier alpha value is -1.45. The van der Waals surface area contributed by atoms with Crippen LogP contribution < -0.4 is 9.47 Å². The molecule has 0 saturated carbocycles. The van der Waals surface area contributed by atoms with E-state index in [1.165, 1.54) is 20.3 Å². The molecule has 0 radical (unpaired) electrons. The third kappa shape index (κ3) is 3.09. The second-order valence-electron chi connectivity index (χ2n) is 4.59. The molecule has 0 amide bonds. The third-order valence-electron chi connectivity index (χ3n) is 3.21. The van der Waals surface area contributed by atoms with E-state index in [-0.39, 0.29) is 5.82 Å². The molecule has 0 spiro atoms. The van der Waals surface area contributed by atoms with Gasteiger partial charge in [0.15, 0.2) is 0 Å². The first-order valence-electron chi connectivity index (χ1n) is 6.30. The number of alkyl halides is 1. The molecule has 2 aromatic carbocycles. The Morgan fingerprint density at radius 1 is 1.05 bits per heavy atom. The van der Waals surface area contributed by atoms with Gasteiger partial charge < -0.3 is 9.47 Å². The van der Waals surface area contributed by atoms with Crippen LogP contribution in [0.3, 0.4) is 0 Å². The lowest BCUT2D eigenvalue weighted by Gasteiger charge is -2.18. The molecule has 0 N–H and O–H groups in total. The average Bonchev–Trinajstić information content (AvgIpc) is 2.48. The fourth-order valence-corrected chi connectivity index (χ4v) is 2.81. The van der Waals surface area contributed by atoms with Crippen LogP contribution in [0.15, 0.2) is 30.3 Å². The van der Waals surface area contributed by atoms with Gasteiger partial charge in [-0.25, -0.2) is 4.39 Å². The summed E-state index contributed by atoms with van der Waals surface area (Å²) in [4.78, 5) is 0. The zero-order valence-corrected chi connectivity index (χ0v) is 13.4. The average molecular weight is 329 g/mol. The first-order valence-corrected chi connectivity index (χ1v) is 7.11. The Balaban J connectivity index is 2.55. The Morgan fingerprint density at radius 2 is 1.76 bits per heavy atom. The number of methoxy groups -OCH3 is 2. The molecule has 1 unspecified atom stereocenters. The van der Waals surface area contributed by atoms with E-state index in [0.29, 0.717) is 27.6 Å². The zero-order chi connectivity index (χ0) is 15.6. The minimum Gasteiger partial charge on any atom is -0.495 e. The molecule has 0 aliphatic rings. The van der Waals surface area contributed by atoms with Crippen molar-refractivity contribution in [3.8, 4) is 11.5 Å². The molecule has 0 aliphatic heterocycles. The Morgan fingerprint density at radius 3 is 2.38 bits per heavy atom. The quantitative estimate of drug-likeness (QED) is 0.724. The molecule has 5 heteroatoms. The van der Waals surface area contributed by atoms with Crippen LogP contribution in [0.5, 0.6) is 11.5 Å². The number of benzene rings is 2. The van der Waals surface area contributed by atoms with Crippen LogP contribution in [-0.2, 0) is 0 Å². The van der Waals surface area contributed by atoms with Gasteiger partial charge in [-0.15, -0.1) is 11.6 Å². The molecule has 21 heavy (non-hydrogen) atoms. The normalized spacial score (nSPS) is 12.1. The van der Waals surface area contributed by atoms with Gasteiger partial charge in [-0.2, -0.15) is 0 Å². The summed E-state index contributed by atoms with van der Waals surface area (Å²) in [7, 11) is 3.00. The smallest absolute Gasteiger partial charge is 0.146 e. The van der Waals surface area contributed by atoms with Gasteiger partial charge in [-0.05, 0) is 25.1 Å². The fraction of sp³-hybridized carbons (Fsp3) is 0.250. The maximum atomic E-state index is 14.0. The molecule has 0 saturated heterocycles. The summed E-state index contributed by atoms with van der Waals surface area (Å²) in [6.45, 7) is 1.88. The minimum absolute atomic E-state index is 0.316. The zero-order valence-electron chi connectivity index (χ0n) is 11.9. The number of halogens is 3. The van der Waals surface area contributed by atoms with Crippen LogP contribution in [0.1, 0.15) is 22.1 Å². The summed E-state index contributed by atoms with van der Waals surface area (Å²) in [5.41, 5.74) is 1.90. The van der Waals surface area contributed by atoms with Gasteiger partial charge in [0.05, 0.1) is 19.6 Å². The topological polar surface area (TPSA) is 18.5 Å². The number of rotatable bonds is 4. The van der Waals surface area contributed by atoms with Crippen LogP contribution in [0.25, 0.3) is 0 Å². The third-order valence-corrected chi connectivity index (χ3v) is 4.04. The highest BCUT2D eigenvalue weighted by Crippen LogP contribution is 2.43. The number of hydrogen-bond donors (Lipinski definition) is 0. The van der Waals surface area contributed by atoms with Crippen LogP contribution >= 0.6 is 23.2 Å². The summed E-state index contributed by atoms with van der Waals surface area (Å²) < 4.78 is 24.5. The largest absolute Gasteiger partial charge is 0.495 e. The number of aryl methyl sites for hydroxylation is 1. The van der Waals surface area contributed by atoms with E-state index in [4.69, 9.17) is 32.7 Å². The number of ether oxygens (including phenoxy) is 2. The second-order valence-corrected chi connectivity index (χ2v) is 5.41. The molecule has 0 aliphatic carbocycles. The van der Waals surface area contributed by atoms with Crippen LogP contribution in [-0.4, -0.2) is 14.2 Å². The molecule has 2 aromatic rings. The molecule has 1 atom stereocenters. The molecule has 2 nitrogen and oxygen atoms in total. The summed E-state index contributed by atoms with van der Waals surface area (Å²) in [6, 6.07) is 8.22. The maximum absolute atomic E-state index is 14.0. The molecule has 112 valence electrons. The Bertz CT molecular complexity index is 659. The molecule has 0 aromatic heterocycles. The first kappa shape index (κ1) is 15.9. The lowest BCUT2D eigenvalue weighted by molar-refractivity contribution is 0.391. The van der Waals surface area contributed by atoms with Gasteiger partial charge >= 0.3 is 0 Å². The molecule has 0 heterocycles. The van der Waals surface area contributed by atoms with Gasteiger partial charge in [0.1, 0.15) is 22.3 Å². The van der Waals surface area contributed by atoms with Crippen LogP contribution in [0.2, 0.25) is 5.02 Å². The lowest BCUT2D eigenvalue weighted by atomic mass is 10.0. The molecule has 0 fully saturated rings. The first-order chi connectivity index (χ1) is 9.99. The molecular weight excluding hydrogens is 314 g/mol. The van der Waals surface area contributed by atoms with E-state index < -0.39 is 5.38 Å². The monoisotopic (exact) mass is 328 g/mol. The van der Waals surface area contributed by atoms with Crippen molar-refractivity contribution in [2.45, 2.75) is 12.3 Å². The Labute approximate surface area is 133 Å². The highest BCUT2D eigenvalue weighted by molar-refractivity contribution is 6.34. The van der Waals surface area contributed by atoms with Crippen molar-refractivity contribution in [1.29, 1.82) is 0 Å². The van der Waals surface area contributed by atoms with E-state index in [9.17, 15) is 4.39 Å². The summed E-state index contributed by atoms with van der Waals surface area (Å²) in [6.07, 6.45) is 0. The minimum atomic E-state index is -0.705. The molecule has 2 rings (SSSR count). The van der Waals surface area contributed by atoms with Gasteiger partial charge in [0, 0.05) is 11.1 Å². The van der Waals surface area contributed by atoms with Crippen molar-refractivity contribution in [3.05, 3.63) is 57.9 Å². The lowest BCUT2D eigenvalue weighted by Crippen LogP contribution is -2.02. The highest BCUT2D eigenvalue weighted by Gasteiger charge is 2.22. The predicted octanol–water partition coefficient (Wildman–Crippen LogP) is 5.13. The van der Waals surface area contributed by atoms with E-state index >= 15 is 0 Å². The number of hydrogen-bond acceptors (Lipinski definition) is 2. The van der Waals surface area contributed by atoms with Gasteiger partial charge in [0.25, 0.3) is 0 Å². The second kappa shape index (κ2) is 6.54. The van der Waals surface area contributed by atoms with Crippen molar-refractivity contribution in [1.82, 2.24) is 0 Å². The molecule has 0 bridgehead atoms. The van der Waals surface area contributed by atoms with Crippen LogP contribution in [0, 0.1) is 12.7 Å². The molecular formula is C16H15Cl2FO2. The van der Waals surface area contributed by atoms with Crippen molar-refractivity contribution < 1.29 is 13.9 Å². The fourth-order valence-electron chi connectivity index (χ4n) is 2.14. The summed E-state index contributed by atoms with van der Waals surface area (Å²) >= 11 is 12.7. The Kier molecular flexibility index (Phi) is 4.96. The van der Waals surface area contributed by atoms with Crippen LogP contribution in [0.4, 0.5) is 4.39 Å². The SMILES string of the molecule is COc1ccc(C(Cl)c2cc(C)ccc2F)c(OC)c1Cl. The van der Waals surface area contributed by atoms with Crippen molar-refractivity contribution in [2.75, 3.05) is 14.2 Å². The van der Waals surface area contributed by atoms with Crippen molar-refractivity contribution >= 4 is 23.2 Å². The summed E-state index contributed by atoms with van der Waals surface area (Å²) in [5, 5.41) is -0.389. The van der Waals surface area contributed by atoms with E-state index in [2.05, 4.69) is 0 Å². The van der Waals surface area contributed by atoms with Gasteiger partial charge in [-0.1, -0.05) is 29.3 Å². The summed E-state index contributed by atoms with van der Waals surface area (Å²) in [5.74, 6) is 0.498. The van der Waals surface area contributed by atoms with Crippen molar-refractivity contribution in [2.24, 2.45) is 0 Å². The maximum Gasteiger partial charge on any atom is 0.146 e. The van der Waals surface area contributed by atoms with E-state index in [1.54, 1.807) is 24.3 Å². The highest BCUT2D eigenvalue weighted by atomic mass is 35.5. The van der Waals surface area contributed by atoms with Gasteiger partial charge in [-0.3, -0.25) is 0 Å². The predicted molar refractivity (Wildman–Crippen MR) is 83.4 cm³/mol. The van der Waals surface area contributed by atoms with Gasteiger partial charge in [0.2, 0.25) is 0 Å².